The summed E-state index contributed by atoms with van der Waals surface area (Å²) in [5.41, 5.74) is 2.74. The second kappa shape index (κ2) is 13.0. The summed E-state index contributed by atoms with van der Waals surface area (Å²) < 4.78 is 14.2. The maximum Gasteiger partial charge on any atom is 0.264 e. The molecule has 11 nitrogen and oxygen atoms in total. The summed E-state index contributed by atoms with van der Waals surface area (Å²) in [6.45, 7) is 6.60. The van der Waals surface area contributed by atoms with Crippen LogP contribution in [-0.4, -0.2) is 64.8 Å². The van der Waals surface area contributed by atoms with E-state index in [1.165, 1.54) is 0 Å². The third kappa shape index (κ3) is 6.21. The number of benzene rings is 3. The highest BCUT2D eigenvalue weighted by molar-refractivity contribution is 6.71. The number of amides is 2. The minimum atomic E-state index is -2.84. The fraction of sp³-hybridized carbons (Fsp3) is 0.371. The first kappa shape index (κ1) is 32.6. The number of aliphatic hydroxyl groups excluding tert-OH is 1. The molecule has 1 saturated heterocycles. The van der Waals surface area contributed by atoms with Gasteiger partial charge in [0, 0.05) is 54.0 Å². The zero-order chi connectivity index (χ0) is 33.3. The summed E-state index contributed by atoms with van der Waals surface area (Å²) in [5.74, 6) is -0.0731. The molecule has 2 amide bonds. The van der Waals surface area contributed by atoms with Crippen LogP contribution in [0.5, 0.6) is 5.75 Å². The van der Waals surface area contributed by atoms with Gasteiger partial charge in [-0.25, -0.2) is 0 Å². The Morgan fingerprint density at radius 1 is 1.11 bits per heavy atom. The van der Waals surface area contributed by atoms with E-state index in [0.29, 0.717) is 48.6 Å². The van der Waals surface area contributed by atoms with E-state index in [1.54, 1.807) is 28.8 Å². The number of aryl methyl sites for hydroxylation is 1. The van der Waals surface area contributed by atoms with Crippen molar-refractivity contribution in [1.82, 2.24) is 15.0 Å². The van der Waals surface area contributed by atoms with Crippen molar-refractivity contribution in [3.8, 4) is 5.75 Å². The standard InChI is InChI=1S/C35H41N5O6Si/c1-23-32(47(3,4)44)31(16-18-39-22-27(17-19-41)37-38-39)46-35(23)29-20-28(45-2)14-15-30(29)40(34(35)43)21-24-10-12-26(13-11-24)36-33(42)25-8-6-5-7-9-25/h5-15,20,22-23,31-32,41,44H,16-19,21H2,1-4H3,(H,36,42)/t23-,31+,32-,35+/m1/s1. The molecule has 2 aliphatic rings. The van der Waals surface area contributed by atoms with Crippen molar-refractivity contribution in [2.45, 2.75) is 63.2 Å². The van der Waals surface area contributed by atoms with Crippen LogP contribution in [0, 0.1) is 5.92 Å². The lowest BCUT2D eigenvalue weighted by Crippen LogP contribution is -2.46. The van der Waals surface area contributed by atoms with Crippen LogP contribution in [0.1, 0.15) is 40.5 Å². The van der Waals surface area contributed by atoms with Crippen LogP contribution in [0.15, 0.2) is 79.0 Å². The smallest absolute Gasteiger partial charge is 0.264 e. The molecule has 3 aromatic carbocycles. The van der Waals surface area contributed by atoms with Crippen molar-refractivity contribution in [2.75, 3.05) is 23.9 Å². The van der Waals surface area contributed by atoms with Crippen molar-refractivity contribution >= 4 is 31.5 Å². The Bertz CT molecular complexity index is 1740. The summed E-state index contributed by atoms with van der Waals surface area (Å²) in [7, 11) is -1.25. The van der Waals surface area contributed by atoms with Gasteiger partial charge in [0.25, 0.3) is 11.8 Å². The van der Waals surface area contributed by atoms with E-state index in [0.717, 1.165) is 16.8 Å². The normalized spacial score (nSPS) is 22.1. The van der Waals surface area contributed by atoms with Gasteiger partial charge in [-0.2, -0.15) is 0 Å². The molecule has 0 unspecified atom stereocenters. The average Bonchev–Trinajstić information content (AvgIpc) is 3.71. The number of hydrogen-bond acceptors (Lipinski definition) is 8. The van der Waals surface area contributed by atoms with Crippen LogP contribution in [0.4, 0.5) is 11.4 Å². The second-order valence-electron chi connectivity index (χ2n) is 12.9. The highest BCUT2D eigenvalue weighted by Gasteiger charge is 2.66. The first-order valence-electron chi connectivity index (χ1n) is 15.9. The van der Waals surface area contributed by atoms with E-state index < -0.39 is 20.0 Å². The third-order valence-electron chi connectivity index (χ3n) is 9.38. The Morgan fingerprint density at radius 2 is 1.85 bits per heavy atom. The number of nitrogens with one attached hydrogen (secondary N) is 1. The zero-order valence-electron chi connectivity index (χ0n) is 27.1. The highest BCUT2D eigenvalue weighted by Crippen LogP contribution is 2.60. The van der Waals surface area contributed by atoms with Gasteiger partial charge in [-0.05, 0) is 67.5 Å². The van der Waals surface area contributed by atoms with Gasteiger partial charge in [0.1, 0.15) is 5.75 Å². The summed E-state index contributed by atoms with van der Waals surface area (Å²) in [4.78, 5) is 40.7. The molecule has 1 aromatic heterocycles. The summed E-state index contributed by atoms with van der Waals surface area (Å²) in [5, 5.41) is 20.5. The molecule has 0 aliphatic carbocycles. The van der Waals surface area contributed by atoms with Crippen LogP contribution < -0.4 is 15.0 Å². The minimum absolute atomic E-state index is 0.00666. The number of rotatable bonds is 11. The Morgan fingerprint density at radius 3 is 2.53 bits per heavy atom. The molecule has 47 heavy (non-hydrogen) atoms. The Kier molecular flexibility index (Phi) is 9.03. The van der Waals surface area contributed by atoms with E-state index in [4.69, 9.17) is 9.47 Å². The van der Waals surface area contributed by atoms with Gasteiger partial charge in [0.2, 0.25) is 0 Å². The molecule has 2 aliphatic heterocycles. The first-order chi connectivity index (χ1) is 22.5. The SMILES string of the molecule is COc1ccc2c(c1)[C@]1(O[C@@H](CCn3cc(CCO)nn3)[C@H]([Si](C)(C)O)[C@H]1C)C(=O)N2Cc1ccc(NC(=O)c2ccccc2)cc1. The largest absolute Gasteiger partial charge is 0.497 e. The highest BCUT2D eigenvalue weighted by atomic mass is 28.4. The number of aliphatic hydroxyl groups is 1. The molecular weight excluding hydrogens is 614 g/mol. The summed E-state index contributed by atoms with van der Waals surface area (Å²) in [6.07, 6.45) is 2.35. The predicted molar refractivity (Wildman–Crippen MR) is 180 cm³/mol. The third-order valence-corrected chi connectivity index (χ3v) is 11.9. The van der Waals surface area contributed by atoms with Gasteiger partial charge in [-0.1, -0.05) is 42.5 Å². The van der Waals surface area contributed by atoms with Crippen molar-refractivity contribution in [3.05, 3.63) is 101 Å². The number of hydrogen-bond donors (Lipinski definition) is 3. The molecule has 3 N–H and O–H groups in total. The quantitative estimate of drug-likeness (QED) is 0.201. The Balaban J connectivity index is 1.28. The Hall–Kier alpha value is -4.36. The number of carbonyl (C=O) groups is 2. The van der Waals surface area contributed by atoms with E-state index in [1.807, 2.05) is 86.9 Å². The molecule has 0 bridgehead atoms. The maximum atomic E-state index is 14.7. The van der Waals surface area contributed by atoms with Crippen molar-refractivity contribution in [1.29, 1.82) is 0 Å². The van der Waals surface area contributed by atoms with E-state index in [9.17, 15) is 19.5 Å². The number of aromatic nitrogens is 3. The van der Waals surface area contributed by atoms with Crippen LogP contribution in [0.25, 0.3) is 0 Å². The molecule has 246 valence electrons. The van der Waals surface area contributed by atoms with Crippen LogP contribution in [0.2, 0.25) is 18.6 Å². The van der Waals surface area contributed by atoms with E-state index >= 15 is 0 Å². The molecule has 1 spiro atoms. The van der Waals surface area contributed by atoms with Gasteiger partial charge in [0.15, 0.2) is 13.9 Å². The van der Waals surface area contributed by atoms with Gasteiger partial charge in [-0.3, -0.25) is 14.3 Å². The minimum Gasteiger partial charge on any atom is -0.497 e. The molecule has 3 heterocycles. The number of fused-ring (bicyclic) bond motifs is 2. The van der Waals surface area contributed by atoms with Crippen molar-refractivity contribution in [2.24, 2.45) is 5.92 Å². The molecule has 4 aromatic rings. The topological polar surface area (TPSA) is 139 Å². The van der Waals surface area contributed by atoms with E-state index in [2.05, 4.69) is 15.6 Å². The molecule has 1 fully saturated rings. The van der Waals surface area contributed by atoms with Crippen molar-refractivity contribution in [3.63, 3.8) is 0 Å². The van der Waals surface area contributed by atoms with Crippen molar-refractivity contribution < 1.29 is 29.0 Å². The van der Waals surface area contributed by atoms with Gasteiger partial charge in [0.05, 0.1) is 31.1 Å². The van der Waals surface area contributed by atoms with Crippen LogP contribution in [0.3, 0.4) is 0 Å². The average molecular weight is 656 g/mol. The lowest BCUT2D eigenvalue weighted by atomic mass is 9.82. The summed E-state index contributed by atoms with van der Waals surface area (Å²) >= 11 is 0. The van der Waals surface area contributed by atoms with Crippen LogP contribution in [-0.2, 0) is 34.6 Å². The number of methoxy groups -OCH3 is 1. The van der Waals surface area contributed by atoms with Gasteiger partial charge in [-0.15, -0.1) is 5.10 Å². The fourth-order valence-electron chi connectivity index (χ4n) is 7.22. The second-order valence-corrected chi connectivity index (χ2v) is 16.9. The number of ether oxygens (including phenoxy) is 2. The fourth-order valence-corrected chi connectivity index (χ4v) is 9.82. The molecular formula is C35H41N5O6Si. The number of carbonyl (C=O) groups excluding carboxylic acids is 2. The van der Waals surface area contributed by atoms with E-state index in [-0.39, 0.29) is 29.9 Å². The lowest BCUT2D eigenvalue weighted by Gasteiger charge is -2.32. The first-order valence-corrected chi connectivity index (χ1v) is 18.9. The van der Waals surface area contributed by atoms with Gasteiger partial charge < -0.3 is 29.6 Å². The van der Waals surface area contributed by atoms with Crippen LogP contribution >= 0.6 is 0 Å². The number of nitrogens with zero attached hydrogens (tertiary/aromatic N) is 4. The lowest BCUT2D eigenvalue weighted by molar-refractivity contribution is -0.146. The molecule has 0 radical (unpaired) electrons. The predicted octanol–water partition coefficient (Wildman–Crippen LogP) is 4.51. The molecule has 4 atom stereocenters. The molecule has 6 rings (SSSR count). The van der Waals surface area contributed by atoms with Gasteiger partial charge >= 0.3 is 0 Å². The monoisotopic (exact) mass is 655 g/mol. The maximum absolute atomic E-state index is 14.7. The zero-order valence-corrected chi connectivity index (χ0v) is 28.1. The number of anilines is 2. The Labute approximate surface area is 275 Å². The molecule has 0 saturated carbocycles. The molecule has 12 heteroatoms. The summed E-state index contributed by atoms with van der Waals surface area (Å²) in [6, 6.07) is 22.1.